The molecule has 0 bridgehead atoms. The topological polar surface area (TPSA) is 17.8 Å². The fourth-order valence-corrected chi connectivity index (χ4v) is 2.44. The molecule has 2 rings (SSSR count). The maximum absolute atomic E-state index is 5.87. The molecule has 1 atom stereocenters. The second kappa shape index (κ2) is 4.56. The second-order valence-electron chi connectivity index (χ2n) is 4.63. The van der Waals surface area contributed by atoms with Gasteiger partial charge in [0.15, 0.2) is 0 Å². The van der Waals surface area contributed by atoms with E-state index in [9.17, 15) is 0 Å². The minimum Gasteiger partial charge on any atom is -0.332 e. The zero-order chi connectivity index (χ0) is 10.8. The summed E-state index contributed by atoms with van der Waals surface area (Å²) in [6, 6.07) is 0. The van der Waals surface area contributed by atoms with Crippen LogP contribution in [0.4, 0.5) is 0 Å². The predicted molar refractivity (Wildman–Crippen MR) is 63.5 cm³/mol. The van der Waals surface area contributed by atoms with E-state index in [4.69, 9.17) is 11.6 Å². The lowest BCUT2D eigenvalue weighted by Gasteiger charge is -2.17. The molecule has 0 N–H and O–H groups in total. The van der Waals surface area contributed by atoms with Crippen LogP contribution in [0.25, 0.3) is 0 Å². The molecule has 84 valence electrons. The van der Waals surface area contributed by atoms with Crippen molar-refractivity contribution in [2.24, 2.45) is 5.92 Å². The van der Waals surface area contributed by atoms with Crippen LogP contribution in [0, 0.1) is 12.8 Å². The highest BCUT2D eigenvalue weighted by Gasteiger charge is 2.18. The summed E-state index contributed by atoms with van der Waals surface area (Å²) in [4.78, 5) is 4.66. The molecule has 2 nitrogen and oxygen atoms in total. The molecule has 1 aromatic rings. The second-order valence-corrected chi connectivity index (χ2v) is 4.94. The molecule has 0 radical (unpaired) electrons. The average molecular weight is 227 g/mol. The van der Waals surface area contributed by atoms with Crippen molar-refractivity contribution in [3.63, 3.8) is 0 Å². The molecule has 0 amide bonds. The van der Waals surface area contributed by atoms with Crippen molar-refractivity contribution in [2.75, 3.05) is 5.88 Å². The number of rotatable bonds is 3. The average Bonchev–Trinajstić information content (AvgIpc) is 2.55. The Bertz CT molecular complexity index is 344. The standard InChI is InChI=1S/C12H19ClN2/c1-9(7-13)8-15-10(2)14-11-5-3-4-6-12(11)15/h9H,3-8H2,1-2H3. The molecule has 1 aliphatic carbocycles. The van der Waals surface area contributed by atoms with Gasteiger partial charge < -0.3 is 4.57 Å². The summed E-state index contributed by atoms with van der Waals surface area (Å²) in [5, 5.41) is 0. The first-order chi connectivity index (χ1) is 7.22. The first kappa shape index (κ1) is 11.0. The van der Waals surface area contributed by atoms with Crippen molar-refractivity contribution in [3.8, 4) is 0 Å². The maximum Gasteiger partial charge on any atom is 0.106 e. The number of halogens is 1. The Balaban J connectivity index is 2.25. The largest absolute Gasteiger partial charge is 0.332 e. The van der Waals surface area contributed by atoms with Gasteiger partial charge in [-0.2, -0.15) is 0 Å². The first-order valence-corrected chi connectivity index (χ1v) is 6.36. The van der Waals surface area contributed by atoms with Crippen LogP contribution in [0.5, 0.6) is 0 Å². The summed E-state index contributed by atoms with van der Waals surface area (Å²) in [7, 11) is 0. The molecule has 1 unspecified atom stereocenters. The summed E-state index contributed by atoms with van der Waals surface area (Å²) in [5.74, 6) is 2.43. The fraction of sp³-hybridized carbons (Fsp3) is 0.750. The summed E-state index contributed by atoms with van der Waals surface area (Å²) < 4.78 is 2.38. The number of hydrogen-bond acceptors (Lipinski definition) is 1. The van der Waals surface area contributed by atoms with Gasteiger partial charge in [-0.1, -0.05) is 6.92 Å². The maximum atomic E-state index is 5.87. The number of alkyl halides is 1. The van der Waals surface area contributed by atoms with E-state index >= 15 is 0 Å². The molecular weight excluding hydrogens is 208 g/mol. The third-order valence-corrected chi connectivity index (χ3v) is 3.71. The summed E-state index contributed by atoms with van der Waals surface area (Å²) in [6.07, 6.45) is 4.98. The molecule has 0 fully saturated rings. The lowest BCUT2D eigenvalue weighted by Crippen LogP contribution is -2.14. The highest BCUT2D eigenvalue weighted by atomic mass is 35.5. The van der Waals surface area contributed by atoms with Gasteiger partial charge in [0.25, 0.3) is 0 Å². The van der Waals surface area contributed by atoms with Crippen molar-refractivity contribution in [2.45, 2.75) is 46.1 Å². The Morgan fingerprint density at radius 3 is 2.87 bits per heavy atom. The quantitative estimate of drug-likeness (QED) is 0.725. The summed E-state index contributed by atoms with van der Waals surface area (Å²) in [5.41, 5.74) is 2.80. The normalized spacial score (nSPS) is 17.5. The van der Waals surface area contributed by atoms with Crippen molar-refractivity contribution in [3.05, 3.63) is 17.2 Å². The van der Waals surface area contributed by atoms with Crippen LogP contribution in [0.15, 0.2) is 0 Å². The van der Waals surface area contributed by atoms with Crippen LogP contribution in [-0.2, 0) is 19.4 Å². The Morgan fingerprint density at radius 2 is 2.13 bits per heavy atom. The minimum atomic E-state index is 0.533. The SMILES string of the molecule is Cc1nc2c(n1CC(C)CCl)CCCC2. The molecule has 15 heavy (non-hydrogen) atoms. The van der Waals surface area contributed by atoms with E-state index in [1.165, 1.54) is 42.9 Å². The third kappa shape index (κ3) is 2.20. The predicted octanol–water partition coefficient (Wildman–Crippen LogP) is 2.95. The van der Waals surface area contributed by atoms with Gasteiger partial charge in [-0.05, 0) is 38.5 Å². The van der Waals surface area contributed by atoms with Crippen LogP contribution >= 0.6 is 11.6 Å². The van der Waals surface area contributed by atoms with E-state index in [0.717, 1.165) is 12.4 Å². The van der Waals surface area contributed by atoms with Gasteiger partial charge >= 0.3 is 0 Å². The molecule has 0 aliphatic heterocycles. The molecule has 0 aromatic carbocycles. The van der Waals surface area contributed by atoms with E-state index in [0.29, 0.717) is 5.92 Å². The van der Waals surface area contributed by atoms with Crippen LogP contribution in [0.3, 0.4) is 0 Å². The molecule has 0 saturated heterocycles. The number of imidazole rings is 1. The molecular formula is C12H19ClN2. The Hall–Kier alpha value is -0.500. The Labute approximate surface area is 96.7 Å². The lowest BCUT2D eigenvalue weighted by molar-refractivity contribution is 0.496. The van der Waals surface area contributed by atoms with Crippen LogP contribution < -0.4 is 0 Å². The van der Waals surface area contributed by atoms with Crippen molar-refractivity contribution in [1.82, 2.24) is 9.55 Å². The van der Waals surface area contributed by atoms with Gasteiger partial charge in [0.2, 0.25) is 0 Å². The monoisotopic (exact) mass is 226 g/mol. The highest BCUT2D eigenvalue weighted by Crippen LogP contribution is 2.23. The summed E-state index contributed by atoms with van der Waals surface area (Å²) in [6.45, 7) is 5.33. The van der Waals surface area contributed by atoms with Gasteiger partial charge in [0.1, 0.15) is 5.82 Å². The van der Waals surface area contributed by atoms with E-state index in [1.54, 1.807) is 0 Å². The zero-order valence-electron chi connectivity index (χ0n) is 9.59. The van der Waals surface area contributed by atoms with E-state index < -0.39 is 0 Å². The van der Waals surface area contributed by atoms with Gasteiger partial charge in [0.05, 0.1) is 5.69 Å². The third-order valence-electron chi connectivity index (χ3n) is 3.18. The molecule has 0 saturated carbocycles. The molecule has 1 heterocycles. The number of fused-ring (bicyclic) bond motifs is 1. The fourth-order valence-electron chi connectivity index (χ4n) is 2.34. The Kier molecular flexibility index (Phi) is 3.35. The van der Waals surface area contributed by atoms with Crippen LogP contribution in [-0.4, -0.2) is 15.4 Å². The number of hydrogen-bond donors (Lipinski definition) is 0. The van der Waals surface area contributed by atoms with Crippen molar-refractivity contribution < 1.29 is 0 Å². The van der Waals surface area contributed by atoms with E-state index in [-0.39, 0.29) is 0 Å². The van der Waals surface area contributed by atoms with Crippen LogP contribution in [0.1, 0.15) is 37.0 Å². The van der Waals surface area contributed by atoms with Gasteiger partial charge in [-0.15, -0.1) is 11.6 Å². The van der Waals surface area contributed by atoms with Gasteiger partial charge in [-0.25, -0.2) is 4.98 Å². The minimum absolute atomic E-state index is 0.533. The first-order valence-electron chi connectivity index (χ1n) is 5.83. The molecule has 0 spiro atoms. The smallest absolute Gasteiger partial charge is 0.106 e. The van der Waals surface area contributed by atoms with Gasteiger partial charge in [0, 0.05) is 18.1 Å². The van der Waals surface area contributed by atoms with Gasteiger partial charge in [-0.3, -0.25) is 0 Å². The number of aromatic nitrogens is 2. The lowest BCUT2D eigenvalue weighted by atomic mass is 10.0. The summed E-state index contributed by atoms with van der Waals surface area (Å²) >= 11 is 5.87. The number of aryl methyl sites for hydroxylation is 2. The number of nitrogens with zero attached hydrogens (tertiary/aromatic N) is 2. The Morgan fingerprint density at radius 1 is 1.40 bits per heavy atom. The van der Waals surface area contributed by atoms with Crippen molar-refractivity contribution in [1.29, 1.82) is 0 Å². The highest BCUT2D eigenvalue weighted by molar-refractivity contribution is 6.18. The van der Waals surface area contributed by atoms with Crippen molar-refractivity contribution >= 4 is 11.6 Å². The zero-order valence-corrected chi connectivity index (χ0v) is 10.3. The van der Waals surface area contributed by atoms with E-state index in [2.05, 4.69) is 23.4 Å². The van der Waals surface area contributed by atoms with E-state index in [1.807, 2.05) is 0 Å². The molecule has 1 aromatic heterocycles. The molecule has 1 aliphatic rings. The molecule has 3 heteroatoms. The van der Waals surface area contributed by atoms with Crippen LogP contribution in [0.2, 0.25) is 0 Å².